The lowest BCUT2D eigenvalue weighted by Gasteiger charge is -2.21. The Morgan fingerprint density at radius 3 is 2.29 bits per heavy atom. The van der Waals surface area contributed by atoms with Gasteiger partial charge in [0, 0.05) is 17.8 Å². The van der Waals surface area contributed by atoms with Gasteiger partial charge in [0.1, 0.15) is 5.82 Å². The van der Waals surface area contributed by atoms with Gasteiger partial charge in [0.25, 0.3) is 0 Å². The van der Waals surface area contributed by atoms with Gasteiger partial charge in [-0.05, 0) is 41.2 Å². The first kappa shape index (κ1) is 21.2. The molecule has 0 aliphatic carbocycles. The third kappa shape index (κ3) is 5.98. The fourth-order valence-electron chi connectivity index (χ4n) is 2.78. The van der Waals surface area contributed by atoms with Gasteiger partial charge in [-0.25, -0.2) is 4.98 Å². The summed E-state index contributed by atoms with van der Waals surface area (Å²) >= 11 is 0. The Hall–Kier alpha value is -3.08. The zero-order valence-corrected chi connectivity index (χ0v) is 17.2. The summed E-state index contributed by atoms with van der Waals surface area (Å²) in [7, 11) is 1.55. The largest absolute Gasteiger partial charge is 0.482 e. The minimum atomic E-state index is -0.126. The minimum absolute atomic E-state index is 0.0317. The second kappa shape index (κ2) is 9.22. The Labute approximate surface area is 167 Å². The molecule has 0 saturated carbocycles. The van der Waals surface area contributed by atoms with Crippen molar-refractivity contribution in [1.29, 1.82) is 0 Å². The van der Waals surface area contributed by atoms with Crippen LogP contribution in [0.1, 0.15) is 33.3 Å². The number of benzene rings is 1. The van der Waals surface area contributed by atoms with E-state index in [0.29, 0.717) is 11.7 Å². The van der Waals surface area contributed by atoms with Crippen molar-refractivity contribution in [2.75, 3.05) is 12.8 Å². The van der Waals surface area contributed by atoms with E-state index in [1.165, 1.54) is 0 Å². The molecule has 5 nitrogen and oxygen atoms in total. The van der Waals surface area contributed by atoms with Crippen LogP contribution in [0.25, 0.3) is 11.1 Å². The molecule has 0 spiro atoms. The van der Waals surface area contributed by atoms with Gasteiger partial charge in [0.15, 0.2) is 5.88 Å². The lowest BCUT2D eigenvalue weighted by atomic mass is 9.86. The number of amides is 1. The molecule has 28 heavy (non-hydrogen) atoms. The molecule has 0 aliphatic heterocycles. The number of carbonyl (C=O) groups is 1. The van der Waals surface area contributed by atoms with Crippen LogP contribution in [-0.2, 0) is 16.0 Å². The van der Waals surface area contributed by atoms with Crippen LogP contribution in [0.2, 0.25) is 0 Å². The number of pyridine rings is 1. The number of nitrogen functional groups attached to an aromatic ring is 1. The van der Waals surface area contributed by atoms with E-state index in [1.54, 1.807) is 19.4 Å². The predicted molar refractivity (Wildman–Crippen MR) is 114 cm³/mol. The number of anilines is 1. The van der Waals surface area contributed by atoms with E-state index < -0.39 is 0 Å². The third-order valence-electron chi connectivity index (χ3n) is 4.38. The molecule has 0 saturated heterocycles. The average molecular weight is 380 g/mol. The van der Waals surface area contributed by atoms with Gasteiger partial charge in [-0.3, -0.25) is 10.1 Å². The summed E-state index contributed by atoms with van der Waals surface area (Å²) in [5.41, 5.74) is 9.61. The molecule has 1 aromatic carbocycles. The first-order valence-electron chi connectivity index (χ1n) is 9.26. The van der Waals surface area contributed by atoms with Crippen LogP contribution in [0.3, 0.4) is 0 Å². The molecule has 1 aromatic heterocycles. The number of methoxy groups -OCH3 is 1. The van der Waals surface area contributed by atoms with Gasteiger partial charge in [0.05, 0.1) is 13.5 Å². The monoisotopic (exact) mass is 379 g/mol. The second-order valence-corrected chi connectivity index (χ2v) is 7.60. The van der Waals surface area contributed by atoms with Crippen LogP contribution in [0.4, 0.5) is 5.82 Å². The van der Waals surface area contributed by atoms with Crippen molar-refractivity contribution in [3.63, 3.8) is 0 Å². The van der Waals surface area contributed by atoms with E-state index >= 15 is 0 Å². The smallest absolute Gasteiger partial charge is 0.231 e. The molecule has 0 radical (unpaired) electrons. The molecular weight excluding hydrogens is 350 g/mol. The SMILES string of the molecule is C/C=C(\C=C(\NC(=O)Cc1ccc(-c2ccc(N)nc2)cc1)OC)C(C)(C)C. The molecule has 1 amide bonds. The Morgan fingerprint density at radius 1 is 1.14 bits per heavy atom. The third-order valence-corrected chi connectivity index (χ3v) is 4.38. The number of allylic oxidation sites excluding steroid dienone is 3. The number of hydrogen-bond acceptors (Lipinski definition) is 4. The topological polar surface area (TPSA) is 77.2 Å². The number of carbonyl (C=O) groups excluding carboxylic acids is 1. The molecule has 0 unspecified atom stereocenters. The van der Waals surface area contributed by atoms with Crippen molar-refractivity contribution in [3.05, 3.63) is 71.8 Å². The maximum Gasteiger partial charge on any atom is 0.231 e. The number of hydrogen-bond donors (Lipinski definition) is 2. The molecule has 0 atom stereocenters. The highest BCUT2D eigenvalue weighted by Gasteiger charge is 2.16. The first-order chi connectivity index (χ1) is 13.2. The van der Waals surface area contributed by atoms with Crippen molar-refractivity contribution >= 4 is 11.7 Å². The summed E-state index contributed by atoms with van der Waals surface area (Å²) in [6, 6.07) is 11.5. The van der Waals surface area contributed by atoms with E-state index in [-0.39, 0.29) is 17.7 Å². The quantitative estimate of drug-likeness (QED) is 0.573. The summed E-state index contributed by atoms with van der Waals surface area (Å²) in [5, 5.41) is 2.84. The number of aromatic nitrogens is 1. The fraction of sp³-hybridized carbons (Fsp3) is 0.304. The Balaban J connectivity index is 2.04. The molecular formula is C23H29N3O2. The van der Waals surface area contributed by atoms with Crippen molar-refractivity contribution in [2.45, 2.75) is 34.1 Å². The van der Waals surface area contributed by atoms with Gasteiger partial charge >= 0.3 is 0 Å². The van der Waals surface area contributed by atoms with Crippen LogP contribution >= 0.6 is 0 Å². The molecule has 0 bridgehead atoms. The van der Waals surface area contributed by atoms with Crippen LogP contribution in [0.5, 0.6) is 0 Å². The molecule has 0 aliphatic rings. The van der Waals surface area contributed by atoms with Crippen molar-refractivity contribution < 1.29 is 9.53 Å². The van der Waals surface area contributed by atoms with E-state index in [1.807, 2.05) is 49.4 Å². The van der Waals surface area contributed by atoms with E-state index in [9.17, 15) is 4.79 Å². The van der Waals surface area contributed by atoms with Crippen LogP contribution in [0, 0.1) is 5.41 Å². The molecule has 148 valence electrons. The van der Waals surface area contributed by atoms with Gasteiger partial charge < -0.3 is 10.5 Å². The molecule has 3 N–H and O–H groups in total. The zero-order chi connectivity index (χ0) is 20.7. The molecule has 0 fully saturated rings. The zero-order valence-electron chi connectivity index (χ0n) is 17.2. The number of rotatable bonds is 6. The molecule has 2 aromatic rings. The predicted octanol–water partition coefficient (Wildman–Crippen LogP) is 4.47. The minimum Gasteiger partial charge on any atom is -0.482 e. The summed E-state index contributed by atoms with van der Waals surface area (Å²) in [6.07, 6.45) is 5.90. The number of nitrogens with zero attached hydrogens (tertiary/aromatic N) is 1. The van der Waals surface area contributed by atoms with Crippen molar-refractivity contribution in [2.24, 2.45) is 5.41 Å². The van der Waals surface area contributed by atoms with Crippen molar-refractivity contribution in [1.82, 2.24) is 10.3 Å². The number of nitrogens with one attached hydrogen (secondary N) is 1. The molecule has 1 heterocycles. The van der Waals surface area contributed by atoms with Crippen molar-refractivity contribution in [3.8, 4) is 11.1 Å². The highest BCUT2D eigenvalue weighted by Crippen LogP contribution is 2.26. The molecule has 2 rings (SSSR count). The first-order valence-corrected chi connectivity index (χ1v) is 9.26. The molecule has 5 heteroatoms. The normalized spacial score (nSPS) is 12.6. The Morgan fingerprint density at radius 2 is 1.79 bits per heavy atom. The van der Waals surface area contributed by atoms with Gasteiger partial charge in [-0.2, -0.15) is 0 Å². The van der Waals surface area contributed by atoms with E-state index in [0.717, 1.165) is 22.3 Å². The van der Waals surface area contributed by atoms with Gasteiger partial charge in [-0.15, -0.1) is 0 Å². The van der Waals surface area contributed by atoms with Gasteiger partial charge in [0.2, 0.25) is 5.91 Å². The Kier molecular flexibility index (Phi) is 6.99. The fourth-order valence-corrected chi connectivity index (χ4v) is 2.78. The van der Waals surface area contributed by atoms with Crippen LogP contribution < -0.4 is 11.1 Å². The van der Waals surface area contributed by atoms with E-state index in [2.05, 4.69) is 31.1 Å². The highest BCUT2D eigenvalue weighted by atomic mass is 16.5. The maximum atomic E-state index is 12.4. The van der Waals surface area contributed by atoms with Gasteiger partial charge in [-0.1, -0.05) is 51.1 Å². The lowest BCUT2D eigenvalue weighted by Crippen LogP contribution is -2.26. The number of ether oxygens (including phenoxy) is 1. The standard InChI is InChI=1S/C23H29N3O2/c1-6-19(23(2,3)4)14-22(28-5)26-21(27)13-16-7-9-17(10-8-16)18-11-12-20(24)25-15-18/h6-12,14-15H,13H2,1-5H3,(H2,24,25)(H,26,27)/b19-6+,22-14-. The van der Waals surface area contributed by atoms with E-state index in [4.69, 9.17) is 10.5 Å². The van der Waals surface area contributed by atoms with Crippen LogP contribution in [-0.4, -0.2) is 18.0 Å². The maximum absolute atomic E-state index is 12.4. The summed E-state index contributed by atoms with van der Waals surface area (Å²) in [4.78, 5) is 16.5. The second-order valence-electron chi connectivity index (χ2n) is 7.60. The lowest BCUT2D eigenvalue weighted by molar-refractivity contribution is -0.120. The number of nitrogens with two attached hydrogens (primary N) is 1. The average Bonchev–Trinajstić information content (AvgIpc) is 2.65. The summed E-state index contributed by atoms with van der Waals surface area (Å²) in [5.74, 6) is 0.809. The Bertz CT molecular complexity index is 858. The summed E-state index contributed by atoms with van der Waals surface area (Å²) < 4.78 is 5.34. The highest BCUT2D eigenvalue weighted by molar-refractivity contribution is 5.80. The summed E-state index contributed by atoms with van der Waals surface area (Å²) in [6.45, 7) is 8.33. The van der Waals surface area contributed by atoms with Crippen LogP contribution in [0.15, 0.2) is 66.2 Å².